The molecular formula is C17H20N4O2. The predicted molar refractivity (Wildman–Crippen MR) is 88.1 cm³/mol. The third-order valence-electron chi connectivity index (χ3n) is 3.40. The van der Waals surface area contributed by atoms with Crippen LogP contribution in [-0.2, 0) is 11.2 Å². The van der Waals surface area contributed by atoms with Crippen LogP contribution in [0.15, 0.2) is 42.9 Å². The predicted octanol–water partition coefficient (Wildman–Crippen LogP) is 2.14. The highest BCUT2D eigenvalue weighted by Gasteiger charge is 2.15. The van der Waals surface area contributed by atoms with E-state index in [2.05, 4.69) is 15.3 Å². The van der Waals surface area contributed by atoms with Crippen LogP contribution in [0.1, 0.15) is 29.8 Å². The number of pyridine rings is 2. The van der Waals surface area contributed by atoms with Crippen molar-refractivity contribution in [2.45, 2.75) is 20.3 Å². The summed E-state index contributed by atoms with van der Waals surface area (Å²) < 4.78 is 0. The first kappa shape index (κ1) is 16.6. The maximum atomic E-state index is 12.6. The lowest BCUT2D eigenvalue weighted by Crippen LogP contribution is -2.32. The lowest BCUT2D eigenvalue weighted by Gasteiger charge is -2.21. The largest absolute Gasteiger partial charge is 0.339 e. The first-order chi connectivity index (χ1) is 11.1. The number of hydrogen-bond acceptors (Lipinski definition) is 4. The van der Waals surface area contributed by atoms with E-state index in [-0.39, 0.29) is 11.8 Å². The molecule has 120 valence electrons. The maximum Gasteiger partial charge on any atom is 0.254 e. The van der Waals surface area contributed by atoms with Gasteiger partial charge in [0.2, 0.25) is 5.91 Å². The van der Waals surface area contributed by atoms with Crippen LogP contribution in [-0.4, -0.2) is 39.8 Å². The molecular weight excluding hydrogens is 292 g/mol. The van der Waals surface area contributed by atoms with Gasteiger partial charge in [-0.2, -0.15) is 0 Å². The van der Waals surface area contributed by atoms with Crippen LogP contribution < -0.4 is 5.32 Å². The number of rotatable bonds is 6. The van der Waals surface area contributed by atoms with E-state index in [0.29, 0.717) is 24.5 Å². The average molecular weight is 312 g/mol. The van der Waals surface area contributed by atoms with Crippen molar-refractivity contribution < 1.29 is 9.59 Å². The summed E-state index contributed by atoms with van der Waals surface area (Å²) in [6.45, 7) is 4.59. The van der Waals surface area contributed by atoms with Gasteiger partial charge in [0.05, 0.1) is 0 Å². The van der Waals surface area contributed by atoms with E-state index in [1.807, 2.05) is 19.1 Å². The van der Waals surface area contributed by atoms with Crippen LogP contribution in [0, 0.1) is 0 Å². The lowest BCUT2D eigenvalue weighted by molar-refractivity contribution is -0.114. The van der Waals surface area contributed by atoms with Crippen molar-refractivity contribution in [3.8, 4) is 0 Å². The van der Waals surface area contributed by atoms with Gasteiger partial charge >= 0.3 is 0 Å². The summed E-state index contributed by atoms with van der Waals surface area (Å²) in [6.07, 6.45) is 5.78. The second-order valence-electron chi connectivity index (χ2n) is 5.10. The van der Waals surface area contributed by atoms with Gasteiger partial charge in [-0.3, -0.25) is 14.6 Å². The first-order valence-corrected chi connectivity index (χ1v) is 7.52. The Morgan fingerprint density at radius 2 is 1.91 bits per heavy atom. The molecule has 2 rings (SSSR count). The smallest absolute Gasteiger partial charge is 0.254 e. The van der Waals surface area contributed by atoms with Crippen LogP contribution in [0.2, 0.25) is 0 Å². The summed E-state index contributed by atoms with van der Waals surface area (Å²) >= 11 is 0. The Morgan fingerprint density at radius 1 is 1.17 bits per heavy atom. The second kappa shape index (κ2) is 8.03. The van der Waals surface area contributed by atoms with Crippen molar-refractivity contribution in [2.24, 2.45) is 0 Å². The highest BCUT2D eigenvalue weighted by Crippen LogP contribution is 2.11. The fourth-order valence-electron chi connectivity index (χ4n) is 2.21. The molecule has 2 aromatic rings. The van der Waals surface area contributed by atoms with Crippen molar-refractivity contribution in [1.82, 2.24) is 14.9 Å². The molecule has 0 saturated carbocycles. The molecule has 0 radical (unpaired) electrons. The first-order valence-electron chi connectivity index (χ1n) is 7.52. The Hall–Kier alpha value is -2.76. The summed E-state index contributed by atoms with van der Waals surface area (Å²) in [7, 11) is 0. The molecule has 6 heteroatoms. The molecule has 0 saturated heterocycles. The summed E-state index contributed by atoms with van der Waals surface area (Å²) in [5.41, 5.74) is 1.65. The van der Waals surface area contributed by atoms with Gasteiger partial charge < -0.3 is 10.2 Å². The van der Waals surface area contributed by atoms with Gasteiger partial charge in [-0.25, -0.2) is 4.98 Å². The van der Waals surface area contributed by atoms with Gasteiger partial charge in [0.1, 0.15) is 5.82 Å². The Kier molecular flexibility index (Phi) is 5.80. The Labute approximate surface area is 135 Å². The molecule has 0 aromatic carbocycles. The average Bonchev–Trinajstić information content (AvgIpc) is 2.56. The zero-order valence-electron chi connectivity index (χ0n) is 13.3. The quantitative estimate of drug-likeness (QED) is 0.886. The van der Waals surface area contributed by atoms with Gasteiger partial charge in [0, 0.05) is 44.2 Å². The van der Waals surface area contributed by atoms with E-state index in [1.54, 1.807) is 29.4 Å². The van der Waals surface area contributed by atoms with Gasteiger partial charge in [-0.05, 0) is 43.2 Å². The number of amides is 2. The molecule has 1 N–H and O–H groups in total. The molecule has 2 aromatic heterocycles. The minimum atomic E-state index is -0.216. The minimum absolute atomic E-state index is 0.0736. The van der Waals surface area contributed by atoms with E-state index >= 15 is 0 Å². The SMILES string of the molecule is CCN(CCc1ccncc1)C(=O)c1ccnc(NC(C)=O)c1. The number of carbonyl (C=O) groups excluding carboxylic acids is 2. The number of likely N-dealkylation sites (N-methyl/N-ethyl adjacent to an activating group) is 1. The lowest BCUT2D eigenvalue weighted by atomic mass is 10.1. The van der Waals surface area contributed by atoms with E-state index < -0.39 is 0 Å². The van der Waals surface area contributed by atoms with Crippen molar-refractivity contribution in [2.75, 3.05) is 18.4 Å². The van der Waals surface area contributed by atoms with Gasteiger partial charge in [0.15, 0.2) is 0 Å². The van der Waals surface area contributed by atoms with Crippen molar-refractivity contribution in [3.05, 3.63) is 54.0 Å². The third-order valence-corrected chi connectivity index (χ3v) is 3.40. The van der Waals surface area contributed by atoms with Gasteiger partial charge in [-0.1, -0.05) is 0 Å². The van der Waals surface area contributed by atoms with E-state index in [1.165, 1.54) is 13.1 Å². The van der Waals surface area contributed by atoms with Crippen molar-refractivity contribution in [1.29, 1.82) is 0 Å². The number of hydrogen-bond donors (Lipinski definition) is 1. The number of aromatic nitrogens is 2. The van der Waals surface area contributed by atoms with Crippen molar-refractivity contribution >= 4 is 17.6 Å². The third kappa shape index (κ3) is 4.88. The van der Waals surface area contributed by atoms with Crippen molar-refractivity contribution in [3.63, 3.8) is 0 Å². The molecule has 0 aliphatic rings. The Morgan fingerprint density at radius 3 is 2.57 bits per heavy atom. The molecule has 2 heterocycles. The molecule has 2 amide bonds. The van der Waals surface area contributed by atoms with Crippen LogP contribution >= 0.6 is 0 Å². The molecule has 23 heavy (non-hydrogen) atoms. The molecule has 6 nitrogen and oxygen atoms in total. The zero-order chi connectivity index (χ0) is 16.7. The number of nitrogens with zero attached hydrogens (tertiary/aromatic N) is 3. The molecule has 0 spiro atoms. The number of carbonyl (C=O) groups is 2. The van der Waals surface area contributed by atoms with E-state index in [0.717, 1.165) is 12.0 Å². The Bertz CT molecular complexity index is 673. The fourth-order valence-corrected chi connectivity index (χ4v) is 2.21. The topological polar surface area (TPSA) is 75.2 Å². The Balaban J connectivity index is 2.05. The second-order valence-corrected chi connectivity index (χ2v) is 5.10. The molecule has 0 unspecified atom stereocenters. The molecule has 0 aliphatic carbocycles. The van der Waals surface area contributed by atoms with Crippen LogP contribution in [0.3, 0.4) is 0 Å². The van der Waals surface area contributed by atoms with Crippen LogP contribution in [0.5, 0.6) is 0 Å². The van der Waals surface area contributed by atoms with Crippen LogP contribution in [0.25, 0.3) is 0 Å². The normalized spacial score (nSPS) is 10.2. The highest BCUT2D eigenvalue weighted by molar-refractivity contribution is 5.96. The summed E-state index contributed by atoms with van der Waals surface area (Å²) in [4.78, 5) is 33.5. The van der Waals surface area contributed by atoms with E-state index in [9.17, 15) is 9.59 Å². The highest BCUT2D eigenvalue weighted by atomic mass is 16.2. The van der Waals surface area contributed by atoms with E-state index in [4.69, 9.17) is 0 Å². The molecule has 0 aliphatic heterocycles. The number of nitrogens with one attached hydrogen (secondary N) is 1. The van der Waals surface area contributed by atoms with Crippen LogP contribution in [0.4, 0.5) is 5.82 Å². The summed E-state index contributed by atoms with van der Waals surface area (Å²) in [5.74, 6) is 0.0937. The van der Waals surface area contributed by atoms with Gasteiger partial charge in [0.25, 0.3) is 5.91 Å². The zero-order valence-corrected chi connectivity index (χ0v) is 13.3. The van der Waals surface area contributed by atoms with Gasteiger partial charge in [-0.15, -0.1) is 0 Å². The fraction of sp³-hybridized carbons (Fsp3) is 0.294. The minimum Gasteiger partial charge on any atom is -0.339 e. The molecule has 0 bridgehead atoms. The summed E-state index contributed by atoms with van der Waals surface area (Å²) in [5, 5.41) is 2.59. The maximum absolute atomic E-state index is 12.6. The molecule has 0 atom stereocenters. The standard InChI is InChI=1S/C17H20N4O2/c1-3-21(11-7-14-4-8-18-9-5-14)17(23)15-6-10-19-16(12-15)20-13(2)22/h4-6,8-10,12H,3,7,11H2,1-2H3,(H,19,20,22). The monoisotopic (exact) mass is 312 g/mol. The number of anilines is 1. The summed E-state index contributed by atoms with van der Waals surface area (Å²) in [6, 6.07) is 7.14. The molecule has 0 fully saturated rings.